The Labute approximate surface area is 310 Å². The summed E-state index contributed by atoms with van der Waals surface area (Å²) in [7, 11) is 5.05. The van der Waals surface area contributed by atoms with Gasteiger partial charge in [0.15, 0.2) is 0 Å². The van der Waals surface area contributed by atoms with Crippen LogP contribution in [0.15, 0.2) is 81.6 Å². The number of hydrogen-bond donors (Lipinski definition) is 1. The van der Waals surface area contributed by atoms with Gasteiger partial charge in [0.05, 0.1) is 42.5 Å². The molecule has 2 aliphatic heterocycles. The molecule has 1 amide bonds. The zero-order valence-electron chi connectivity index (χ0n) is 29.8. The van der Waals surface area contributed by atoms with Crippen molar-refractivity contribution >= 4 is 28.3 Å². The first-order valence-corrected chi connectivity index (χ1v) is 18.0. The third-order valence-corrected chi connectivity index (χ3v) is 10.5. The van der Waals surface area contributed by atoms with E-state index in [0.29, 0.717) is 42.0 Å². The number of rotatable bonds is 9. The molecule has 2 fully saturated rings. The highest BCUT2D eigenvalue weighted by atomic mass is 35.5. The molecule has 2 aromatic carbocycles. The minimum atomic E-state index is -0.631. The second-order valence-electron chi connectivity index (χ2n) is 13.5. The molecule has 1 N–H and O–H groups in total. The maximum Gasteiger partial charge on any atom is 0.332 e. The molecule has 0 saturated carbocycles. The molecule has 7 rings (SSSR count). The summed E-state index contributed by atoms with van der Waals surface area (Å²) in [5.41, 5.74) is 2.19. The van der Waals surface area contributed by atoms with E-state index in [9.17, 15) is 19.2 Å². The predicted molar refractivity (Wildman–Crippen MR) is 202 cm³/mol. The van der Waals surface area contributed by atoms with Crippen molar-refractivity contribution < 1.29 is 19.0 Å². The van der Waals surface area contributed by atoms with Crippen molar-refractivity contribution in [1.29, 1.82) is 0 Å². The summed E-state index contributed by atoms with van der Waals surface area (Å²) < 4.78 is 21.1. The molecule has 53 heavy (non-hydrogen) atoms. The second kappa shape index (κ2) is 15.4. The molecule has 14 heteroatoms. The lowest BCUT2D eigenvalue weighted by atomic mass is 9.98. The Hall–Kier alpha value is -5.24. The number of methoxy groups -OCH3 is 2. The van der Waals surface area contributed by atoms with Gasteiger partial charge in [-0.2, -0.15) is 0 Å². The lowest BCUT2D eigenvalue weighted by molar-refractivity contribution is -0.0629. The summed E-state index contributed by atoms with van der Waals surface area (Å²) in [6.45, 7) is 3.54. The number of pyridine rings is 2. The topological polar surface area (TPSA) is 141 Å². The molecule has 0 unspecified atom stereocenters. The maximum atomic E-state index is 13.4. The van der Waals surface area contributed by atoms with Crippen LogP contribution in [0, 0.1) is 0 Å². The fourth-order valence-electron chi connectivity index (χ4n) is 7.35. The van der Waals surface area contributed by atoms with Gasteiger partial charge in [0, 0.05) is 92.9 Å². The minimum Gasteiger partial charge on any atom is -0.496 e. The lowest BCUT2D eigenvalue weighted by Gasteiger charge is -2.37. The van der Waals surface area contributed by atoms with Crippen molar-refractivity contribution in [2.45, 2.75) is 44.4 Å². The number of halogens is 1. The Morgan fingerprint density at radius 1 is 0.887 bits per heavy atom. The fourth-order valence-corrected chi connectivity index (χ4v) is 7.56. The number of ether oxygens (including phenoxy) is 3. The quantitative estimate of drug-likeness (QED) is 0.233. The molecular formula is C39H41ClN6O7. The second-order valence-corrected chi connectivity index (χ2v) is 13.9. The largest absolute Gasteiger partial charge is 0.496 e. The van der Waals surface area contributed by atoms with E-state index >= 15 is 0 Å². The van der Waals surface area contributed by atoms with Gasteiger partial charge in [-0.25, -0.2) is 4.79 Å². The first kappa shape index (κ1) is 36.1. The van der Waals surface area contributed by atoms with Crippen molar-refractivity contribution in [2.75, 3.05) is 40.4 Å². The number of benzene rings is 2. The van der Waals surface area contributed by atoms with Crippen LogP contribution < -0.4 is 26.3 Å². The van der Waals surface area contributed by atoms with Crippen molar-refractivity contribution in [3.05, 3.63) is 115 Å². The molecule has 5 heterocycles. The third kappa shape index (κ3) is 7.50. The monoisotopic (exact) mass is 740 g/mol. The van der Waals surface area contributed by atoms with Crippen LogP contribution >= 0.6 is 11.6 Å². The van der Waals surface area contributed by atoms with Gasteiger partial charge in [0.25, 0.3) is 17.0 Å². The number of H-pyrrole nitrogens is 1. The number of nitrogens with one attached hydrogen (secondary N) is 1. The van der Waals surface area contributed by atoms with Gasteiger partial charge in [-0.15, -0.1) is 0 Å². The van der Waals surface area contributed by atoms with Crippen LogP contribution in [-0.4, -0.2) is 87.4 Å². The first-order valence-electron chi connectivity index (χ1n) is 17.6. The van der Waals surface area contributed by atoms with Crippen LogP contribution in [0.4, 0.5) is 0 Å². The number of aromatic nitrogens is 4. The van der Waals surface area contributed by atoms with Crippen molar-refractivity contribution in [3.8, 4) is 28.3 Å². The molecule has 0 bridgehead atoms. The van der Waals surface area contributed by atoms with Crippen molar-refractivity contribution in [2.24, 2.45) is 7.05 Å². The number of carbonyl (C=O) groups is 1. The smallest absolute Gasteiger partial charge is 0.332 e. The van der Waals surface area contributed by atoms with Gasteiger partial charge in [0.1, 0.15) is 11.5 Å². The summed E-state index contributed by atoms with van der Waals surface area (Å²) >= 11 is 6.35. The molecule has 0 aliphatic carbocycles. The van der Waals surface area contributed by atoms with E-state index < -0.39 is 11.2 Å². The van der Waals surface area contributed by atoms with Crippen LogP contribution in [0.5, 0.6) is 11.5 Å². The molecule has 3 aromatic heterocycles. The number of carbonyl (C=O) groups excluding carboxylic acids is 1. The summed E-state index contributed by atoms with van der Waals surface area (Å²) in [6.07, 6.45) is 9.91. The summed E-state index contributed by atoms with van der Waals surface area (Å²) in [6, 6.07) is 11.9. The molecule has 0 radical (unpaired) electrons. The van der Waals surface area contributed by atoms with E-state index in [1.807, 2.05) is 24.4 Å². The van der Waals surface area contributed by atoms with Crippen LogP contribution in [0.2, 0.25) is 5.02 Å². The molecule has 0 atom stereocenters. The Morgan fingerprint density at radius 3 is 2.30 bits per heavy atom. The predicted octanol–water partition coefficient (Wildman–Crippen LogP) is 4.40. The number of fused-ring (bicyclic) bond motifs is 1. The van der Waals surface area contributed by atoms with E-state index in [1.165, 1.54) is 16.8 Å². The van der Waals surface area contributed by atoms with Crippen LogP contribution in [0.25, 0.3) is 27.6 Å². The van der Waals surface area contributed by atoms with E-state index in [1.54, 1.807) is 61.3 Å². The van der Waals surface area contributed by atoms with Crippen molar-refractivity contribution in [1.82, 2.24) is 28.9 Å². The molecule has 2 saturated heterocycles. The Bertz CT molecular complexity index is 2340. The summed E-state index contributed by atoms with van der Waals surface area (Å²) in [5, 5.41) is 1.63. The number of aryl methyl sites for hydroxylation is 1. The van der Waals surface area contributed by atoms with Crippen molar-refractivity contribution in [3.63, 3.8) is 0 Å². The Morgan fingerprint density at radius 2 is 1.60 bits per heavy atom. The number of piperidine rings is 2. The number of nitrogens with zero attached hydrogens (tertiary/aromatic N) is 5. The third-order valence-electron chi connectivity index (χ3n) is 10.2. The highest BCUT2D eigenvalue weighted by Crippen LogP contribution is 2.39. The fraction of sp³-hybridized carbons (Fsp3) is 0.359. The first-order chi connectivity index (χ1) is 25.6. The highest BCUT2D eigenvalue weighted by molar-refractivity contribution is 6.32. The number of aromatic amines is 1. The molecule has 13 nitrogen and oxygen atoms in total. The Balaban J connectivity index is 0.949. The zero-order valence-corrected chi connectivity index (χ0v) is 30.6. The molecule has 2 aliphatic rings. The normalized spacial score (nSPS) is 15.9. The minimum absolute atomic E-state index is 0.0670. The lowest BCUT2D eigenvalue weighted by Crippen LogP contribution is -2.43. The average Bonchev–Trinajstić information content (AvgIpc) is 3.17. The van der Waals surface area contributed by atoms with Gasteiger partial charge in [-0.3, -0.25) is 33.8 Å². The molecule has 5 aromatic rings. The average molecular weight is 741 g/mol. The van der Waals surface area contributed by atoms with Crippen LogP contribution in [0.1, 0.15) is 41.6 Å². The van der Waals surface area contributed by atoms with Gasteiger partial charge < -0.3 is 23.7 Å². The number of likely N-dealkylation sites (tertiary alicyclic amines) is 2. The van der Waals surface area contributed by atoms with E-state index in [0.717, 1.165) is 66.6 Å². The van der Waals surface area contributed by atoms with Crippen LogP contribution in [0.3, 0.4) is 0 Å². The van der Waals surface area contributed by atoms with Gasteiger partial charge >= 0.3 is 5.69 Å². The highest BCUT2D eigenvalue weighted by Gasteiger charge is 2.29. The van der Waals surface area contributed by atoms with Gasteiger partial charge in [0.2, 0.25) is 0 Å². The van der Waals surface area contributed by atoms with Gasteiger partial charge in [-0.1, -0.05) is 11.6 Å². The standard InChI is InChI=1S/C39H41ClN6O7/c1-43-23-31(28-6-12-41-21-30(28)38(43)49)29-20-34(51-2)25(19-35(29)52-3)22-44-13-7-26(8-14-44)53-27-9-15-45(16-10-27)37(48)24-4-5-32(40)33(18-24)46-17-11-36(47)42-39(46)50/h4-6,11-12,17-21,23,26-27H,7-10,13-16,22H2,1-3H3,(H,42,47,50). The Kier molecular flexibility index (Phi) is 10.5. The van der Waals surface area contributed by atoms with E-state index in [-0.39, 0.29) is 28.7 Å². The van der Waals surface area contributed by atoms with E-state index in [4.69, 9.17) is 25.8 Å². The molecular weight excluding hydrogens is 700 g/mol. The molecule has 276 valence electrons. The van der Waals surface area contributed by atoms with Gasteiger partial charge in [-0.05, 0) is 67.5 Å². The van der Waals surface area contributed by atoms with E-state index in [2.05, 4.69) is 14.9 Å². The summed E-state index contributed by atoms with van der Waals surface area (Å²) in [4.78, 5) is 60.6. The molecule has 0 spiro atoms. The summed E-state index contributed by atoms with van der Waals surface area (Å²) in [5.74, 6) is 1.30. The zero-order chi connectivity index (χ0) is 37.2. The SMILES string of the molecule is COc1cc(-c2cn(C)c(=O)c3cnccc23)c(OC)cc1CN1CCC(OC2CCN(C(=O)c3ccc(Cl)c(-n4ccc(=O)[nH]c4=O)c3)CC2)CC1. The van der Waals surface area contributed by atoms with Crippen LogP contribution in [-0.2, 0) is 18.3 Å². The number of hydrogen-bond acceptors (Lipinski definition) is 9. The maximum absolute atomic E-state index is 13.4. The number of amides is 1.